The summed E-state index contributed by atoms with van der Waals surface area (Å²) < 4.78 is 32.5. The van der Waals surface area contributed by atoms with Crippen LogP contribution in [0.3, 0.4) is 0 Å². The van der Waals surface area contributed by atoms with E-state index in [1.807, 2.05) is 0 Å². The minimum absolute atomic E-state index is 0.199. The summed E-state index contributed by atoms with van der Waals surface area (Å²) in [4.78, 5) is 10.6. The molecular weight excluding hydrogens is 248 g/mol. The Kier molecular flexibility index (Phi) is 4.48. The van der Waals surface area contributed by atoms with Crippen molar-refractivity contribution in [2.24, 2.45) is 0 Å². The number of ether oxygens (including phenoxy) is 1. The average molecular weight is 266 g/mol. The van der Waals surface area contributed by atoms with Crippen molar-refractivity contribution in [3.05, 3.63) is 0 Å². The van der Waals surface area contributed by atoms with Crippen LogP contribution < -0.4 is 4.72 Å². The molecule has 0 saturated carbocycles. The molecule has 17 heavy (non-hydrogen) atoms. The second-order valence-corrected chi connectivity index (χ2v) is 5.96. The molecule has 3 unspecified atom stereocenters. The van der Waals surface area contributed by atoms with Crippen molar-refractivity contribution < 1.29 is 23.1 Å². The number of hydrogen-bond donors (Lipinski definition) is 2. The third-order valence-corrected chi connectivity index (χ3v) is 4.05. The first-order valence-electron chi connectivity index (χ1n) is 5.38. The maximum Gasteiger partial charge on any atom is 0.321 e. The minimum Gasteiger partial charge on any atom is -0.480 e. The molecule has 1 aliphatic rings. The third-order valence-electron chi connectivity index (χ3n) is 2.42. The van der Waals surface area contributed by atoms with Crippen LogP contribution in [-0.2, 0) is 19.7 Å². The fraction of sp³-hybridized carbons (Fsp3) is 0.889. The number of nitrogens with zero attached hydrogens (tertiary/aromatic N) is 1. The average Bonchev–Trinajstić information content (AvgIpc) is 2.15. The molecule has 1 aliphatic heterocycles. The summed E-state index contributed by atoms with van der Waals surface area (Å²) in [7, 11) is -3.77. The second kappa shape index (κ2) is 5.30. The van der Waals surface area contributed by atoms with Crippen molar-refractivity contribution in [3.8, 4) is 0 Å². The van der Waals surface area contributed by atoms with Crippen molar-refractivity contribution in [1.82, 2.24) is 9.03 Å². The van der Waals surface area contributed by atoms with Crippen molar-refractivity contribution in [3.63, 3.8) is 0 Å². The Bertz CT molecular complexity index is 373. The van der Waals surface area contributed by atoms with E-state index in [0.29, 0.717) is 0 Å². The van der Waals surface area contributed by atoms with E-state index in [2.05, 4.69) is 4.72 Å². The van der Waals surface area contributed by atoms with Gasteiger partial charge in [0, 0.05) is 13.1 Å². The molecule has 3 atom stereocenters. The van der Waals surface area contributed by atoms with Crippen LogP contribution in [-0.4, -0.2) is 55.1 Å². The van der Waals surface area contributed by atoms with Crippen LogP contribution in [0.2, 0.25) is 0 Å². The fourth-order valence-corrected chi connectivity index (χ4v) is 3.18. The molecule has 7 nitrogen and oxygen atoms in total. The first-order valence-corrected chi connectivity index (χ1v) is 6.82. The molecule has 1 rings (SSSR count). The molecule has 0 radical (unpaired) electrons. The monoisotopic (exact) mass is 266 g/mol. The van der Waals surface area contributed by atoms with Gasteiger partial charge >= 0.3 is 5.97 Å². The van der Waals surface area contributed by atoms with Crippen LogP contribution in [0.5, 0.6) is 0 Å². The molecule has 0 aliphatic carbocycles. The quantitative estimate of drug-likeness (QED) is 0.708. The maximum absolute atomic E-state index is 11.9. The highest BCUT2D eigenvalue weighted by molar-refractivity contribution is 7.87. The molecular formula is C9H18N2O5S. The van der Waals surface area contributed by atoms with Gasteiger partial charge in [0.2, 0.25) is 0 Å². The Morgan fingerprint density at radius 2 is 1.88 bits per heavy atom. The SMILES string of the molecule is CC1CN(S(=O)(=O)NC(C)C(=O)O)CC(C)O1. The van der Waals surface area contributed by atoms with Gasteiger partial charge in [-0.1, -0.05) is 0 Å². The lowest BCUT2D eigenvalue weighted by Crippen LogP contribution is -2.54. The Morgan fingerprint density at radius 1 is 1.41 bits per heavy atom. The molecule has 0 aromatic heterocycles. The highest BCUT2D eigenvalue weighted by atomic mass is 32.2. The Hall–Kier alpha value is -0.700. The molecule has 0 bridgehead atoms. The van der Waals surface area contributed by atoms with Crippen molar-refractivity contribution in [1.29, 1.82) is 0 Å². The molecule has 1 saturated heterocycles. The van der Waals surface area contributed by atoms with Gasteiger partial charge in [0.15, 0.2) is 0 Å². The number of carboxylic acids is 1. The van der Waals surface area contributed by atoms with Gasteiger partial charge < -0.3 is 9.84 Å². The summed E-state index contributed by atoms with van der Waals surface area (Å²) in [6.45, 7) is 5.29. The van der Waals surface area contributed by atoms with Crippen LogP contribution in [0.15, 0.2) is 0 Å². The molecule has 0 amide bonds. The molecule has 1 fully saturated rings. The molecule has 100 valence electrons. The lowest BCUT2D eigenvalue weighted by molar-refractivity contribution is -0.138. The summed E-state index contributed by atoms with van der Waals surface area (Å²) >= 11 is 0. The summed E-state index contributed by atoms with van der Waals surface area (Å²) in [5, 5.41) is 8.68. The standard InChI is InChI=1S/C9H18N2O5S/c1-6-4-11(5-7(2)16-6)17(14,15)10-8(3)9(12)13/h6-8,10H,4-5H2,1-3H3,(H,12,13). The van der Waals surface area contributed by atoms with Gasteiger partial charge in [-0.3, -0.25) is 4.79 Å². The lowest BCUT2D eigenvalue weighted by atomic mass is 10.3. The first kappa shape index (κ1) is 14.4. The fourth-order valence-electron chi connectivity index (χ4n) is 1.68. The topological polar surface area (TPSA) is 95.9 Å². The number of rotatable bonds is 4. The van der Waals surface area contributed by atoms with E-state index in [1.54, 1.807) is 13.8 Å². The number of carboxylic acid groups (broad SMARTS) is 1. The summed E-state index contributed by atoms with van der Waals surface area (Å²) in [6, 6.07) is -1.14. The lowest BCUT2D eigenvalue weighted by Gasteiger charge is -2.34. The highest BCUT2D eigenvalue weighted by Gasteiger charge is 2.32. The number of hydrogen-bond acceptors (Lipinski definition) is 4. The normalized spacial score (nSPS) is 28.9. The maximum atomic E-state index is 11.9. The summed E-state index contributed by atoms with van der Waals surface area (Å²) in [6.07, 6.45) is -0.397. The predicted molar refractivity (Wildman–Crippen MR) is 60.7 cm³/mol. The van der Waals surface area contributed by atoms with Crippen LogP contribution >= 0.6 is 0 Å². The molecule has 2 N–H and O–H groups in total. The van der Waals surface area contributed by atoms with Crippen LogP contribution in [0, 0.1) is 0 Å². The van der Waals surface area contributed by atoms with E-state index in [9.17, 15) is 13.2 Å². The van der Waals surface area contributed by atoms with E-state index < -0.39 is 22.2 Å². The molecule has 8 heteroatoms. The van der Waals surface area contributed by atoms with Gasteiger partial charge in [0.1, 0.15) is 6.04 Å². The van der Waals surface area contributed by atoms with Gasteiger partial charge in [0.25, 0.3) is 10.2 Å². The van der Waals surface area contributed by atoms with Gasteiger partial charge in [-0.2, -0.15) is 17.4 Å². The zero-order valence-corrected chi connectivity index (χ0v) is 10.9. The zero-order chi connectivity index (χ0) is 13.2. The minimum atomic E-state index is -3.77. The van der Waals surface area contributed by atoms with E-state index in [4.69, 9.17) is 9.84 Å². The Balaban J connectivity index is 2.73. The molecule has 0 spiro atoms. The molecule has 0 aromatic carbocycles. The van der Waals surface area contributed by atoms with Crippen molar-refractivity contribution >= 4 is 16.2 Å². The predicted octanol–water partition coefficient (Wildman–Crippen LogP) is -0.597. The number of carbonyl (C=O) groups is 1. The van der Waals surface area contributed by atoms with Gasteiger partial charge in [-0.05, 0) is 20.8 Å². The van der Waals surface area contributed by atoms with E-state index in [-0.39, 0.29) is 25.3 Å². The Morgan fingerprint density at radius 3 is 2.29 bits per heavy atom. The van der Waals surface area contributed by atoms with Gasteiger partial charge in [-0.25, -0.2) is 0 Å². The number of morpholine rings is 1. The summed E-state index contributed by atoms with van der Waals surface area (Å²) in [5.74, 6) is -1.21. The van der Waals surface area contributed by atoms with Crippen LogP contribution in [0.25, 0.3) is 0 Å². The largest absolute Gasteiger partial charge is 0.480 e. The van der Waals surface area contributed by atoms with E-state index in [1.165, 1.54) is 11.2 Å². The van der Waals surface area contributed by atoms with Crippen molar-refractivity contribution in [2.75, 3.05) is 13.1 Å². The van der Waals surface area contributed by atoms with Gasteiger partial charge in [0.05, 0.1) is 12.2 Å². The number of aliphatic carboxylic acids is 1. The highest BCUT2D eigenvalue weighted by Crippen LogP contribution is 2.13. The Labute approximate surface area is 101 Å². The molecule has 1 heterocycles. The summed E-state index contributed by atoms with van der Waals surface area (Å²) in [5.41, 5.74) is 0. The molecule has 0 aromatic rings. The van der Waals surface area contributed by atoms with E-state index in [0.717, 1.165) is 0 Å². The zero-order valence-electron chi connectivity index (χ0n) is 10.1. The second-order valence-electron chi connectivity index (χ2n) is 4.26. The van der Waals surface area contributed by atoms with Crippen LogP contribution in [0.1, 0.15) is 20.8 Å². The number of nitrogens with one attached hydrogen (secondary N) is 1. The third kappa shape index (κ3) is 3.91. The smallest absolute Gasteiger partial charge is 0.321 e. The van der Waals surface area contributed by atoms with Crippen molar-refractivity contribution in [2.45, 2.75) is 39.0 Å². The van der Waals surface area contributed by atoms with E-state index >= 15 is 0 Å². The van der Waals surface area contributed by atoms with Gasteiger partial charge in [-0.15, -0.1) is 0 Å². The van der Waals surface area contributed by atoms with Crippen LogP contribution in [0.4, 0.5) is 0 Å². The first-order chi connectivity index (χ1) is 7.72.